The van der Waals surface area contributed by atoms with Gasteiger partial charge in [0.1, 0.15) is 11.4 Å². The highest BCUT2D eigenvalue weighted by Crippen LogP contribution is 2.26. The average Bonchev–Trinajstić information content (AvgIpc) is 3.09. The van der Waals surface area contributed by atoms with Crippen LogP contribution in [0.2, 0.25) is 0 Å². The van der Waals surface area contributed by atoms with Gasteiger partial charge in [-0.15, -0.1) is 0 Å². The quantitative estimate of drug-likeness (QED) is 0.720. The molecule has 0 aliphatic carbocycles. The second kappa shape index (κ2) is 7.09. The highest BCUT2D eigenvalue weighted by atomic mass is 16.5. The van der Waals surface area contributed by atoms with Gasteiger partial charge < -0.3 is 20.3 Å². The van der Waals surface area contributed by atoms with E-state index in [-0.39, 0.29) is 0 Å². The molecule has 0 saturated heterocycles. The lowest BCUT2D eigenvalue weighted by molar-refractivity contribution is 0.100. The molecule has 6 nitrogen and oxygen atoms in total. The number of nitrogens with one attached hydrogen (secondary N) is 1. The van der Waals surface area contributed by atoms with Gasteiger partial charge in [-0.25, -0.2) is 0 Å². The van der Waals surface area contributed by atoms with Crippen molar-refractivity contribution in [1.29, 1.82) is 0 Å². The number of hydrogen-bond donors (Lipinski definition) is 2. The molecule has 1 aromatic heterocycles. The third kappa shape index (κ3) is 3.80. The molecule has 0 atom stereocenters. The fourth-order valence-corrected chi connectivity index (χ4v) is 2.44. The van der Waals surface area contributed by atoms with Gasteiger partial charge in [0.15, 0.2) is 5.76 Å². The Morgan fingerprint density at radius 1 is 1.20 bits per heavy atom. The molecule has 0 fully saturated rings. The summed E-state index contributed by atoms with van der Waals surface area (Å²) in [5, 5.41) is 7.28. The first kappa shape index (κ1) is 16.6. The molecule has 3 N–H and O–H groups in total. The molecule has 3 rings (SSSR count). The summed E-state index contributed by atoms with van der Waals surface area (Å²) in [5.41, 5.74) is 9.34. The van der Waals surface area contributed by atoms with Crippen molar-refractivity contribution in [2.75, 3.05) is 12.4 Å². The van der Waals surface area contributed by atoms with Crippen molar-refractivity contribution in [3.63, 3.8) is 0 Å². The van der Waals surface area contributed by atoms with Crippen molar-refractivity contribution in [1.82, 2.24) is 5.16 Å². The van der Waals surface area contributed by atoms with Gasteiger partial charge in [0.2, 0.25) is 5.91 Å². The van der Waals surface area contributed by atoms with Gasteiger partial charge in [0, 0.05) is 17.2 Å². The van der Waals surface area contributed by atoms with E-state index in [1.54, 1.807) is 25.3 Å². The van der Waals surface area contributed by atoms with Crippen LogP contribution in [0.4, 0.5) is 5.69 Å². The summed E-state index contributed by atoms with van der Waals surface area (Å²) in [6.45, 7) is 2.44. The predicted octanol–water partition coefficient (Wildman–Crippen LogP) is 3.37. The number of methoxy groups -OCH3 is 1. The van der Waals surface area contributed by atoms with E-state index in [2.05, 4.69) is 10.5 Å². The molecule has 6 heteroatoms. The van der Waals surface area contributed by atoms with Crippen molar-refractivity contribution in [2.45, 2.75) is 13.5 Å². The number of rotatable bonds is 6. The fraction of sp³-hybridized carbons (Fsp3) is 0.158. The Kier molecular flexibility index (Phi) is 4.70. The minimum atomic E-state index is -0.493. The lowest BCUT2D eigenvalue weighted by Gasteiger charge is -2.10. The lowest BCUT2D eigenvalue weighted by atomic mass is 10.1. The van der Waals surface area contributed by atoms with Crippen LogP contribution in [0.5, 0.6) is 5.75 Å². The van der Waals surface area contributed by atoms with E-state index in [1.807, 2.05) is 37.3 Å². The van der Waals surface area contributed by atoms with Crippen LogP contribution in [0.3, 0.4) is 0 Å². The van der Waals surface area contributed by atoms with Crippen LogP contribution < -0.4 is 15.8 Å². The van der Waals surface area contributed by atoms with Crippen molar-refractivity contribution < 1.29 is 14.1 Å². The molecule has 0 saturated carbocycles. The zero-order valence-electron chi connectivity index (χ0n) is 14.1. The van der Waals surface area contributed by atoms with E-state index in [4.69, 9.17) is 15.0 Å². The molecule has 0 spiro atoms. The summed E-state index contributed by atoms with van der Waals surface area (Å²) in [6, 6.07) is 14.9. The Morgan fingerprint density at radius 3 is 2.64 bits per heavy atom. The number of aromatic nitrogens is 1. The van der Waals surface area contributed by atoms with E-state index in [0.29, 0.717) is 29.3 Å². The molecule has 0 aliphatic rings. The second-order valence-corrected chi connectivity index (χ2v) is 5.68. The van der Waals surface area contributed by atoms with E-state index in [0.717, 1.165) is 11.3 Å². The zero-order valence-corrected chi connectivity index (χ0v) is 14.1. The number of carbonyl (C=O) groups is 1. The molecule has 25 heavy (non-hydrogen) atoms. The average molecular weight is 337 g/mol. The lowest BCUT2D eigenvalue weighted by Crippen LogP contribution is -2.11. The smallest absolute Gasteiger partial charge is 0.248 e. The van der Waals surface area contributed by atoms with Gasteiger partial charge in [-0.3, -0.25) is 4.79 Å². The Labute approximate surface area is 145 Å². The number of carbonyl (C=O) groups excluding carboxylic acids is 1. The predicted molar refractivity (Wildman–Crippen MR) is 95.5 cm³/mol. The number of anilines is 1. The highest BCUT2D eigenvalue weighted by molar-refractivity contribution is 5.94. The molecule has 0 radical (unpaired) electrons. The Balaban J connectivity index is 1.75. The second-order valence-electron chi connectivity index (χ2n) is 5.68. The van der Waals surface area contributed by atoms with Crippen LogP contribution >= 0.6 is 0 Å². The summed E-state index contributed by atoms with van der Waals surface area (Å²) in [5.74, 6) is 0.789. The summed E-state index contributed by atoms with van der Waals surface area (Å²) < 4.78 is 10.7. The van der Waals surface area contributed by atoms with E-state index >= 15 is 0 Å². The van der Waals surface area contributed by atoms with Crippen LogP contribution in [-0.4, -0.2) is 18.2 Å². The maximum atomic E-state index is 11.3. The molecule has 0 aliphatic heterocycles. The molecule has 3 aromatic rings. The van der Waals surface area contributed by atoms with Gasteiger partial charge in [-0.2, -0.15) is 0 Å². The summed E-state index contributed by atoms with van der Waals surface area (Å²) in [6.07, 6.45) is 0. The largest absolute Gasteiger partial charge is 0.495 e. The summed E-state index contributed by atoms with van der Waals surface area (Å²) in [7, 11) is 1.56. The topological polar surface area (TPSA) is 90.4 Å². The first-order chi connectivity index (χ1) is 12.1. The maximum absolute atomic E-state index is 11.3. The van der Waals surface area contributed by atoms with Crippen molar-refractivity contribution in [2.24, 2.45) is 5.73 Å². The number of aryl methyl sites for hydroxylation is 1. The number of benzene rings is 2. The Bertz CT molecular complexity index is 885. The van der Waals surface area contributed by atoms with Gasteiger partial charge >= 0.3 is 0 Å². The minimum absolute atomic E-state index is 0.400. The van der Waals surface area contributed by atoms with Crippen molar-refractivity contribution >= 4 is 11.6 Å². The van der Waals surface area contributed by atoms with Gasteiger partial charge in [-0.05, 0) is 25.1 Å². The zero-order chi connectivity index (χ0) is 17.8. The number of nitrogens with two attached hydrogens (primary N) is 1. The molecular formula is C19H19N3O3. The first-order valence-electron chi connectivity index (χ1n) is 7.81. The maximum Gasteiger partial charge on any atom is 0.248 e. The molecule has 0 unspecified atom stereocenters. The number of primary amides is 1. The number of hydrogen-bond acceptors (Lipinski definition) is 5. The van der Waals surface area contributed by atoms with Crippen LogP contribution in [0.15, 0.2) is 53.1 Å². The van der Waals surface area contributed by atoms with Crippen LogP contribution in [0.25, 0.3) is 11.3 Å². The van der Waals surface area contributed by atoms with Gasteiger partial charge in [-0.1, -0.05) is 35.0 Å². The number of nitrogens with zero attached hydrogens (tertiary/aromatic N) is 1. The molecule has 0 bridgehead atoms. The van der Waals surface area contributed by atoms with Gasteiger partial charge in [0.25, 0.3) is 0 Å². The molecule has 128 valence electrons. The first-order valence-corrected chi connectivity index (χ1v) is 7.81. The SMILES string of the molecule is COc1ccc(C(N)=O)cc1NCc1cc(-c2ccc(C)cc2)no1. The monoisotopic (exact) mass is 337 g/mol. The Morgan fingerprint density at radius 2 is 1.96 bits per heavy atom. The van der Waals surface area contributed by atoms with E-state index < -0.39 is 5.91 Å². The normalized spacial score (nSPS) is 10.5. The van der Waals surface area contributed by atoms with Crippen LogP contribution in [0.1, 0.15) is 21.7 Å². The molecule has 2 aromatic carbocycles. The van der Waals surface area contributed by atoms with Crippen LogP contribution in [0, 0.1) is 6.92 Å². The fourth-order valence-electron chi connectivity index (χ4n) is 2.44. The van der Waals surface area contributed by atoms with Crippen LogP contribution in [-0.2, 0) is 6.54 Å². The summed E-state index contributed by atoms with van der Waals surface area (Å²) >= 11 is 0. The standard InChI is InChI=1S/C19H19N3O3/c1-12-3-5-13(6-4-12)16-10-15(25-22-16)11-21-17-9-14(19(20)23)7-8-18(17)24-2/h3-10,21H,11H2,1-2H3,(H2,20,23). The Hall–Kier alpha value is -3.28. The third-order valence-electron chi connectivity index (χ3n) is 3.84. The van der Waals surface area contributed by atoms with E-state index in [9.17, 15) is 4.79 Å². The highest BCUT2D eigenvalue weighted by Gasteiger charge is 2.10. The minimum Gasteiger partial charge on any atom is -0.495 e. The van der Waals surface area contributed by atoms with Crippen molar-refractivity contribution in [3.8, 4) is 17.0 Å². The van der Waals surface area contributed by atoms with Crippen molar-refractivity contribution in [3.05, 3.63) is 65.4 Å². The molecular weight excluding hydrogens is 318 g/mol. The number of amides is 1. The third-order valence-corrected chi connectivity index (χ3v) is 3.84. The van der Waals surface area contributed by atoms with Gasteiger partial charge in [0.05, 0.1) is 19.3 Å². The molecule has 1 heterocycles. The molecule has 1 amide bonds. The summed E-state index contributed by atoms with van der Waals surface area (Å²) in [4.78, 5) is 11.3. The van der Waals surface area contributed by atoms with E-state index in [1.165, 1.54) is 5.56 Å². The number of ether oxygens (including phenoxy) is 1.